The number of hydrogen-bond acceptors (Lipinski definition) is 4. The molecule has 0 bridgehead atoms. The predicted molar refractivity (Wildman–Crippen MR) is 77.6 cm³/mol. The Bertz CT molecular complexity index is 415. The minimum absolute atomic E-state index is 0.0503. The maximum Gasteiger partial charge on any atom is 0.293 e. The van der Waals surface area contributed by atoms with Crippen LogP contribution in [-0.2, 0) is 11.3 Å². The molecule has 0 aliphatic heterocycles. The van der Waals surface area contributed by atoms with Crippen LogP contribution in [0.4, 0.5) is 5.82 Å². The van der Waals surface area contributed by atoms with Crippen molar-refractivity contribution in [3.8, 4) is 0 Å². The summed E-state index contributed by atoms with van der Waals surface area (Å²) in [6, 6.07) is 0. The largest absolute Gasteiger partial charge is 0.381 e. The fraction of sp³-hybridized carbons (Fsp3) is 0.714. The number of anilines is 1. The third-order valence-electron chi connectivity index (χ3n) is 2.58. The first-order valence-electron chi connectivity index (χ1n) is 7.02. The molecule has 1 aromatic rings. The van der Waals surface area contributed by atoms with Gasteiger partial charge in [0.25, 0.3) is 5.56 Å². The zero-order chi connectivity index (χ0) is 14.1. The average Bonchev–Trinajstić information content (AvgIpc) is 2.37. The molecule has 0 atom stereocenters. The van der Waals surface area contributed by atoms with Crippen molar-refractivity contribution >= 4 is 5.82 Å². The number of ether oxygens (including phenoxy) is 1. The topological polar surface area (TPSA) is 56.1 Å². The van der Waals surface area contributed by atoms with Gasteiger partial charge in [0.2, 0.25) is 0 Å². The Hall–Kier alpha value is -1.36. The Balaban J connectivity index is 2.43. The summed E-state index contributed by atoms with van der Waals surface area (Å²) in [5.74, 6) is 0.869. The van der Waals surface area contributed by atoms with Crippen LogP contribution >= 0.6 is 0 Å². The zero-order valence-corrected chi connectivity index (χ0v) is 12.2. The minimum atomic E-state index is -0.0503. The van der Waals surface area contributed by atoms with Crippen molar-refractivity contribution in [2.24, 2.45) is 5.92 Å². The molecule has 0 aliphatic rings. The maximum absolute atomic E-state index is 12.1. The van der Waals surface area contributed by atoms with E-state index in [2.05, 4.69) is 31.1 Å². The highest BCUT2D eigenvalue weighted by atomic mass is 16.5. The normalized spacial score (nSPS) is 10.9. The minimum Gasteiger partial charge on any atom is -0.381 e. The molecule has 0 unspecified atom stereocenters. The third-order valence-corrected chi connectivity index (χ3v) is 2.58. The lowest BCUT2D eigenvalue weighted by Gasteiger charge is -2.10. The number of hydrogen-bond donors (Lipinski definition) is 1. The Kier molecular flexibility index (Phi) is 7.18. The monoisotopic (exact) mass is 267 g/mol. The van der Waals surface area contributed by atoms with Crippen molar-refractivity contribution in [1.82, 2.24) is 9.55 Å². The lowest BCUT2D eigenvalue weighted by atomic mass is 10.2. The summed E-state index contributed by atoms with van der Waals surface area (Å²) in [4.78, 5) is 16.2. The van der Waals surface area contributed by atoms with Gasteiger partial charge in [-0.3, -0.25) is 4.79 Å². The van der Waals surface area contributed by atoms with Gasteiger partial charge in [0, 0.05) is 38.7 Å². The van der Waals surface area contributed by atoms with E-state index in [-0.39, 0.29) is 5.56 Å². The molecule has 0 amide bonds. The van der Waals surface area contributed by atoms with Gasteiger partial charge in [-0.25, -0.2) is 4.98 Å². The molecule has 19 heavy (non-hydrogen) atoms. The van der Waals surface area contributed by atoms with Crippen LogP contribution < -0.4 is 10.9 Å². The van der Waals surface area contributed by atoms with Gasteiger partial charge in [-0.1, -0.05) is 20.8 Å². The molecule has 0 fully saturated rings. The Morgan fingerprint density at radius 3 is 2.89 bits per heavy atom. The SMILES string of the molecule is CCCOCCCNc1nccn(CC(C)C)c1=O. The maximum atomic E-state index is 12.1. The smallest absolute Gasteiger partial charge is 0.293 e. The fourth-order valence-corrected chi connectivity index (χ4v) is 1.73. The van der Waals surface area contributed by atoms with Crippen molar-refractivity contribution in [2.75, 3.05) is 25.1 Å². The number of nitrogens with zero attached hydrogens (tertiary/aromatic N) is 2. The molecule has 0 aromatic carbocycles. The van der Waals surface area contributed by atoms with Crippen LogP contribution in [0, 0.1) is 5.92 Å². The molecule has 0 saturated heterocycles. The van der Waals surface area contributed by atoms with E-state index >= 15 is 0 Å². The molecule has 1 aromatic heterocycles. The molecule has 0 saturated carbocycles. The summed E-state index contributed by atoms with van der Waals surface area (Å²) >= 11 is 0. The van der Waals surface area contributed by atoms with Crippen molar-refractivity contribution in [3.05, 3.63) is 22.7 Å². The predicted octanol–water partition coefficient (Wildman–Crippen LogP) is 2.13. The summed E-state index contributed by atoms with van der Waals surface area (Å²) in [6.45, 7) is 9.20. The summed E-state index contributed by atoms with van der Waals surface area (Å²) < 4.78 is 7.09. The van der Waals surface area contributed by atoms with Gasteiger partial charge < -0.3 is 14.6 Å². The Morgan fingerprint density at radius 1 is 1.42 bits per heavy atom. The standard InChI is InChI=1S/C14H25N3O2/c1-4-9-19-10-5-6-15-13-14(18)17(8-7-16-13)11-12(2)3/h7-8,12H,4-6,9-11H2,1-3H3,(H,15,16). The van der Waals surface area contributed by atoms with Gasteiger partial charge in [0.1, 0.15) is 0 Å². The molecule has 5 heteroatoms. The van der Waals surface area contributed by atoms with Crippen molar-refractivity contribution in [2.45, 2.75) is 40.2 Å². The zero-order valence-electron chi connectivity index (χ0n) is 12.2. The molecular weight excluding hydrogens is 242 g/mol. The van der Waals surface area contributed by atoms with Crippen LogP contribution in [0.25, 0.3) is 0 Å². The van der Waals surface area contributed by atoms with Gasteiger partial charge in [0.05, 0.1) is 0 Å². The molecule has 1 rings (SSSR count). The second-order valence-electron chi connectivity index (χ2n) is 5.02. The van der Waals surface area contributed by atoms with E-state index in [0.717, 1.165) is 26.0 Å². The lowest BCUT2D eigenvalue weighted by Crippen LogP contribution is -2.26. The second kappa shape index (κ2) is 8.69. The van der Waals surface area contributed by atoms with E-state index in [4.69, 9.17) is 4.74 Å². The molecule has 5 nitrogen and oxygen atoms in total. The Morgan fingerprint density at radius 2 is 2.21 bits per heavy atom. The van der Waals surface area contributed by atoms with Crippen LogP contribution in [0.2, 0.25) is 0 Å². The number of aromatic nitrogens is 2. The third kappa shape index (κ3) is 5.87. The average molecular weight is 267 g/mol. The van der Waals surface area contributed by atoms with E-state index in [1.165, 1.54) is 0 Å². The summed E-state index contributed by atoms with van der Waals surface area (Å²) in [6.07, 6.45) is 5.31. The molecule has 0 spiro atoms. The van der Waals surface area contributed by atoms with Gasteiger partial charge in [0.15, 0.2) is 5.82 Å². The Labute approximate surface area is 115 Å². The van der Waals surface area contributed by atoms with Crippen LogP contribution in [0.5, 0.6) is 0 Å². The lowest BCUT2D eigenvalue weighted by molar-refractivity contribution is 0.134. The molecule has 1 heterocycles. The van der Waals surface area contributed by atoms with E-state index in [9.17, 15) is 4.79 Å². The first-order valence-corrected chi connectivity index (χ1v) is 7.02. The van der Waals surface area contributed by atoms with E-state index in [0.29, 0.717) is 24.9 Å². The van der Waals surface area contributed by atoms with Crippen LogP contribution in [0.15, 0.2) is 17.2 Å². The molecular formula is C14H25N3O2. The first-order chi connectivity index (χ1) is 9.15. The highest BCUT2D eigenvalue weighted by molar-refractivity contribution is 5.30. The van der Waals surface area contributed by atoms with Gasteiger partial charge >= 0.3 is 0 Å². The molecule has 1 N–H and O–H groups in total. The molecule has 0 aliphatic carbocycles. The highest BCUT2D eigenvalue weighted by Gasteiger charge is 2.05. The van der Waals surface area contributed by atoms with Gasteiger partial charge in [-0.05, 0) is 18.8 Å². The van der Waals surface area contributed by atoms with E-state index in [1.54, 1.807) is 17.0 Å². The van der Waals surface area contributed by atoms with Crippen molar-refractivity contribution in [3.63, 3.8) is 0 Å². The molecule has 108 valence electrons. The van der Waals surface area contributed by atoms with Crippen LogP contribution in [0.3, 0.4) is 0 Å². The molecule has 0 radical (unpaired) electrons. The number of rotatable bonds is 9. The van der Waals surface area contributed by atoms with Crippen molar-refractivity contribution in [1.29, 1.82) is 0 Å². The number of nitrogens with one attached hydrogen (secondary N) is 1. The van der Waals surface area contributed by atoms with Crippen molar-refractivity contribution < 1.29 is 4.74 Å². The summed E-state index contributed by atoms with van der Waals surface area (Å²) in [5, 5.41) is 3.08. The quantitative estimate of drug-likeness (QED) is 0.696. The van der Waals surface area contributed by atoms with Crippen LogP contribution in [-0.4, -0.2) is 29.3 Å². The second-order valence-corrected chi connectivity index (χ2v) is 5.02. The highest BCUT2D eigenvalue weighted by Crippen LogP contribution is 1.99. The summed E-state index contributed by atoms with van der Waals surface area (Å²) in [5.41, 5.74) is -0.0503. The van der Waals surface area contributed by atoms with Gasteiger partial charge in [-0.2, -0.15) is 0 Å². The van der Waals surface area contributed by atoms with Gasteiger partial charge in [-0.15, -0.1) is 0 Å². The summed E-state index contributed by atoms with van der Waals surface area (Å²) in [7, 11) is 0. The van der Waals surface area contributed by atoms with Crippen LogP contribution in [0.1, 0.15) is 33.6 Å². The first kappa shape index (κ1) is 15.7. The fourth-order valence-electron chi connectivity index (χ4n) is 1.73. The van der Waals surface area contributed by atoms with E-state index < -0.39 is 0 Å². The van der Waals surface area contributed by atoms with E-state index in [1.807, 2.05) is 0 Å².